The summed E-state index contributed by atoms with van der Waals surface area (Å²) in [5.74, 6) is 0. The highest BCUT2D eigenvalue weighted by atomic mass is 35.5. The highest BCUT2D eigenvalue weighted by Crippen LogP contribution is 2.19. The fraction of sp³-hybridized carbons (Fsp3) is 0.125. The highest BCUT2D eigenvalue weighted by molar-refractivity contribution is 7.16. The molecule has 5 heteroatoms. The second kappa shape index (κ2) is 3.14. The molecule has 2 aromatic heterocycles. The molecule has 0 saturated carbocycles. The third kappa shape index (κ3) is 1.37. The van der Waals surface area contributed by atoms with Crippen molar-refractivity contribution < 1.29 is 5.11 Å². The zero-order valence-electron chi connectivity index (χ0n) is 6.53. The lowest BCUT2D eigenvalue weighted by atomic mass is 10.3. The summed E-state index contributed by atoms with van der Waals surface area (Å²) in [4.78, 5) is 12.2. The average molecular weight is 216 g/mol. The van der Waals surface area contributed by atoms with E-state index in [1.165, 1.54) is 21.8 Å². The lowest BCUT2D eigenvalue weighted by Gasteiger charge is -1.96. The van der Waals surface area contributed by atoms with Crippen LogP contribution >= 0.6 is 22.9 Å². The van der Waals surface area contributed by atoms with Crippen LogP contribution in [0.15, 0.2) is 22.3 Å². The first-order valence-electron chi connectivity index (χ1n) is 3.62. The third-order valence-corrected chi connectivity index (χ3v) is 3.02. The fourth-order valence-corrected chi connectivity index (χ4v) is 2.34. The predicted octanol–water partition coefficient (Wildman–Crippen LogP) is 1.51. The number of hydrogen-bond acceptors (Lipinski definition) is 3. The van der Waals surface area contributed by atoms with E-state index in [1.807, 2.05) is 0 Å². The molecule has 13 heavy (non-hydrogen) atoms. The summed E-state index contributed by atoms with van der Waals surface area (Å²) in [6.45, 7) is -0.124. The fourth-order valence-electron chi connectivity index (χ4n) is 1.15. The maximum atomic E-state index is 11.4. The van der Waals surface area contributed by atoms with Crippen molar-refractivity contribution in [2.24, 2.45) is 0 Å². The molecule has 2 rings (SSSR count). The Bertz CT molecular complexity index is 502. The molecule has 2 aromatic rings. The SMILES string of the molecule is O=c1cc(CO)cc2scc(Cl)n12. The summed E-state index contributed by atoms with van der Waals surface area (Å²) in [5.41, 5.74) is 0.413. The van der Waals surface area contributed by atoms with Crippen LogP contribution in [0.5, 0.6) is 0 Å². The van der Waals surface area contributed by atoms with Crippen molar-refractivity contribution in [3.05, 3.63) is 38.6 Å². The molecule has 68 valence electrons. The van der Waals surface area contributed by atoms with Gasteiger partial charge in [0.1, 0.15) is 9.98 Å². The molecule has 0 aromatic carbocycles. The van der Waals surface area contributed by atoms with Crippen molar-refractivity contribution in [2.75, 3.05) is 0 Å². The Balaban J connectivity index is 2.87. The number of aliphatic hydroxyl groups excluding tert-OH is 1. The Kier molecular flexibility index (Phi) is 2.11. The van der Waals surface area contributed by atoms with Gasteiger partial charge in [-0.1, -0.05) is 11.6 Å². The molecule has 0 amide bonds. The highest BCUT2D eigenvalue weighted by Gasteiger charge is 2.04. The molecule has 0 aliphatic rings. The van der Waals surface area contributed by atoms with E-state index in [9.17, 15) is 4.79 Å². The minimum atomic E-state index is -0.201. The van der Waals surface area contributed by atoms with Crippen LogP contribution in [0.1, 0.15) is 5.56 Å². The summed E-state index contributed by atoms with van der Waals surface area (Å²) in [6.07, 6.45) is 0. The molecule has 0 saturated heterocycles. The summed E-state index contributed by atoms with van der Waals surface area (Å²) >= 11 is 7.16. The first-order valence-corrected chi connectivity index (χ1v) is 4.87. The van der Waals surface area contributed by atoms with E-state index < -0.39 is 0 Å². The zero-order valence-corrected chi connectivity index (χ0v) is 8.10. The molecule has 0 radical (unpaired) electrons. The summed E-state index contributed by atoms with van der Waals surface area (Å²) < 4.78 is 1.41. The Morgan fingerprint density at radius 2 is 2.31 bits per heavy atom. The molecule has 0 atom stereocenters. The average Bonchev–Trinajstić information content (AvgIpc) is 2.48. The van der Waals surface area contributed by atoms with Crippen LogP contribution in [0.4, 0.5) is 0 Å². The van der Waals surface area contributed by atoms with Gasteiger partial charge in [-0.25, -0.2) is 0 Å². The number of aromatic nitrogens is 1. The zero-order chi connectivity index (χ0) is 9.42. The molecule has 3 nitrogen and oxygen atoms in total. The molecule has 0 aliphatic carbocycles. The van der Waals surface area contributed by atoms with Crippen LogP contribution in [0, 0.1) is 0 Å². The quantitative estimate of drug-likeness (QED) is 0.784. The number of nitrogens with zero attached hydrogens (tertiary/aromatic N) is 1. The standard InChI is InChI=1S/C8H6ClNO2S/c9-6-4-13-8-2-5(3-11)1-7(12)10(6)8/h1-2,4,11H,3H2. The van der Waals surface area contributed by atoms with Crippen molar-refractivity contribution in [3.8, 4) is 0 Å². The van der Waals surface area contributed by atoms with Gasteiger partial charge in [-0.05, 0) is 11.6 Å². The van der Waals surface area contributed by atoms with Crippen LogP contribution in [-0.4, -0.2) is 9.51 Å². The van der Waals surface area contributed by atoms with Gasteiger partial charge in [0, 0.05) is 11.4 Å². The van der Waals surface area contributed by atoms with Crippen molar-refractivity contribution in [1.82, 2.24) is 4.40 Å². The predicted molar refractivity (Wildman–Crippen MR) is 52.5 cm³/mol. The summed E-state index contributed by atoms with van der Waals surface area (Å²) in [7, 11) is 0. The normalized spacial score (nSPS) is 10.9. The van der Waals surface area contributed by atoms with Gasteiger partial charge in [0.15, 0.2) is 0 Å². The van der Waals surface area contributed by atoms with E-state index >= 15 is 0 Å². The van der Waals surface area contributed by atoms with Gasteiger partial charge in [-0.2, -0.15) is 0 Å². The maximum Gasteiger partial charge on any atom is 0.257 e. The Morgan fingerprint density at radius 3 is 3.00 bits per heavy atom. The number of aliphatic hydroxyl groups is 1. The van der Waals surface area contributed by atoms with Crippen LogP contribution in [0.25, 0.3) is 4.83 Å². The monoisotopic (exact) mass is 215 g/mol. The molecule has 1 N–H and O–H groups in total. The maximum absolute atomic E-state index is 11.4. The van der Waals surface area contributed by atoms with Gasteiger partial charge >= 0.3 is 0 Å². The first-order chi connectivity index (χ1) is 6.22. The Morgan fingerprint density at radius 1 is 1.54 bits per heavy atom. The van der Waals surface area contributed by atoms with Crippen molar-refractivity contribution >= 4 is 27.8 Å². The number of hydrogen-bond donors (Lipinski definition) is 1. The minimum absolute atomic E-state index is 0.124. The lowest BCUT2D eigenvalue weighted by Crippen LogP contribution is -2.11. The summed E-state index contributed by atoms with van der Waals surface area (Å²) in [6, 6.07) is 3.13. The topological polar surface area (TPSA) is 41.7 Å². The van der Waals surface area contributed by atoms with E-state index in [1.54, 1.807) is 11.4 Å². The van der Waals surface area contributed by atoms with Gasteiger partial charge in [-0.15, -0.1) is 11.3 Å². The van der Waals surface area contributed by atoms with E-state index in [2.05, 4.69) is 0 Å². The minimum Gasteiger partial charge on any atom is -0.392 e. The van der Waals surface area contributed by atoms with E-state index in [0.717, 1.165) is 4.83 Å². The largest absolute Gasteiger partial charge is 0.392 e. The van der Waals surface area contributed by atoms with Gasteiger partial charge < -0.3 is 5.11 Å². The summed E-state index contributed by atoms with van der Waals surface area (Å²) in [5, 5.41) is 11.0. The molecule has 0 spiro atoms. The molecule has 0 fully saturated rings. The van der Waals surface area contributed by atoms with E-state index in [0.29, 0.717) is 10.7 Å². The van der Waals surface area contributed by atoms with Crippen LogP contribution in [0.2, 0.25) is 5.15 Å². The number of rotatable bonds is 1. The molecular formula is C8H6ClNO2S. The third-order valence-electron chi connectivity index (χ3n) is 1.73. The van der Waals surface area contributed by atoms with Gasteiger partial charge in [-0.3, -0.25) is 9.20 Å². The Hall–Kier alpha value is -0.840. The first kappa shape index (κ1) is 8.74. The van der Waals surface area contributed by atoms with Gasteiger partial charge in [0.25, 0.3) is 5.56 Å². The molecular weight excluding hydrogens is 210 g/mol. The van der Waals surface area contributed by atoms with Crippen LogP contribution in [0.3, 0.4) is 0 Å². The second-order valence-electron chi connectivity index (χ2n) is 2.59. The van der Waals surface area contributed by atoms with E-state index in [4.69, 9.17) is 16.7 Å². The van der Waals surface area contributed by atoms with Crippen LogP contribution < -0.4 is 5.56 Å². The van der Waals surface area contributed by atoms with Crippen molar-refractivity contribution in [3.63, 3.8) is 0 Å². The number of pyridine rings is 1. The number of halogens is 1. The van der Waals surface area contributed by atoms with Gasteiger partial charge in [0.2, 0.25) is 0 Å². The number of fused-ring (bicyclic) bond motifs is 1. The molecule has 0 bridgehead atoms. The molecule has 0 unspecified atom stereocenters. The van der Waals surface area contributed by atoms with E-state index in [-0.39, 0.29) is 12.2 Å². The van der Waals surface area contributed by atoms with Crippen molar-refractivity contribution in [2.45, 2.75) is 6.61 Å². The van der Waals surface area contributed by atoms with Gasteiger partial charge in [0.05, 0.1) is 6.61 Å². The Labute approximate surface area is 82.8 Å². The van der Waals surface area contributed by atoms with Crippen molar-refractivity contribution in [1.29, 1.82) is 0 Å². The second-order valence-corrected chi connectivity index (χ2v) is 3.87. The number of thiazole rings is 1. The lowest BCUT2D eigenvalue weighted by molar-refractivity contribution is 0.281. The molecule has 0 aliphatic heterocycles. The smallest absolute Gasteiger partial charge is 0.257 e. The van der Waals surface area contributed by atoms with Crippen LogP contribution in [-0.2, 0) is 6.61 Å². The molecule has 2 heterocycles.